The van der Waals surface area contributed by atoms with Gasteiger partial charge < -0.3 is 15.1 Å². The largest absolute Gasteiger partial charge is 0.369 e. The van der Waals surface area contributed by atoms with Crippen LogP contribution < -0.4 is 10.2 Å². The standard InChI is InChI=1S/C22H26FN3O2S/c1-16(27)17-7-8-21(19(23)13-17)29-15-22(28)24-14-18-5-3-4-6-20(18)26-11-9-25(2)10-12-26/h3-8,13H,9-12,14-15H2,1-2H3,(H,24,28). The highest BCUT2D eigenvalue weighted by Gasteiger charge is 2.17. The fraction of sp³-hybridized carbons (Fsp3) is 0.364. The summed E-state index contributed by atoms with van der Waals surface area (Å²) in [7, 11) is 2.12. The van der Waals surface area contributed by atoms with Gasteiger partial charge in [0.1, 0.15) is 5.82 Å². The Morgan fingerprint density at radius 3 is 2.52 bits per heavy atom. The third kappa shape index (κ3) is 5.81. The molecule has 2 aromatic rings. The van der Waals surface area contributed by atoms with Crippen molar-refractivity contribution < 1.29 is 14.0 Å². The molecule has 2 aromatic carbocycles. The molecule has 29 heavy (non-hydrogen) atoms. The Hall–Kier alpha value is -2.38. The van der Waals surface area contributed by atoms with Crippen LogP contribution in [0.5, 0.6) is 0 Å². The van der Waals surface area contributed by atoms with Gasteiger partial charge in [0.05, 0.1) is 5.75 Å². The predicted molar refractivity (Wildman–Crippen MR) is 115 cm³/mol. The van der Waals surface area contributed by atoms with Crippen molar-refractivity contribution >= 4 is 29.1 Å². The summed E-state index contributed by atoms with van der Waals surface area (Å²) in [6.07, 6.45) is 0. The smallest absolute Gasteiger partial charge is 0.230 e. The van der Waals surface area contributed by atoms with Gasteiger partial charge >= 0.3 is 0 Å². The van der Waals surface area contributed by atoms with Crippen LogP contribution in [0, 0.1) is 5.82 Å². The van der Waals surface area contributed by atoms with Crippen molar-refractivity contribution in [2.75, 3.05) is 43.9 Å². The maximum Gasteiger partial charge on any atom is 0.230 e. The van der Waals surface area contributed by atoms with E-state index in [1.54, 1.807) is 12.1 Å². The van der Waals surface area contributed by atoms with Crippen LogP contribution in [0.25, 0.3) is 0 Å². The first-order chi connectivity index (χ1) is 13.9. The van der Waals surface area contributed by atoms with E-state index in [4.69, 9.17) is 0 Å². The van der Waals surface area contributed by atoms with E-state index < -0.39 is 5.82 Å². The van der Waals surface area contributed by atoms with Crippen LogP contribution in [-0.4, -0.2) is 55.6 Å². The number of ketones is 1. The molecule has 154 valence electrons. The Bertz CT molecular complexity index is 882. The molecule has 0 aliphatic carbocycles. The summed E-state index contributed by atoms with van der Waals surface area (Å²) in [5.41, 5.74) is 2.56. The van der Waals surface area contributed by atoms with E-state index in [0.717, 1.165) is 49.2 Å². The molecule has 0 saturated carbocycles. The average Bonchev–Trinajstić information content (AvgIpc) is 2.72. The van der Waals surface area contributed by atoms with Crippen molar-refractivity contribution in [1.82, 2.24) is 10.2 Å². The number of likely N-dealkylation sites (N-methyl/N-ethyl adjacent to an activating group) is 1. The van der Waals surface area contributed by atoms with E-state index >= 15 is 0 Å². The zero-order valence-electron chi connectivity index (χ0n) is 16.8. The van der Waals surface area contributed by atoms with E-state index in [9.17, 15) is 14.0 Å². The first kappa shape index (κ1) is 21.3. The maximum absolute atomic E-state index is 14.1. The molecule has 1 N–H and O–H groups in total. The molecule has 1 fully saturated rings. The van der Waals surface area contributed by atoms with Crippen molar-refractivity contribution in [3.8, 4) is 0 Å². The van der Waals surface area contributed by atoms with Crippen LogP contribution in [0.4, 0.5) is 10.1 Å². The molecule has 0 bridgehead atoms. The Balaban J connectivity index is 1.54. The number of nitrogens with zero attached hydrogens (tertiary/aromatic N) is 2. The fourth-order valence-electron chi connectivity index (χ4n) is 3.24. The number of rotatable bonds is 7. The summed E-state index contributed by atoms with van der Waals surface area (Å²) in [4.78, 5) is 28.6. The number of benzene rings is 2. The Morgan fingerprint density at radius 2 is 1.83 bits per heavy atom. The zero-order chi connectivity index (χ0) is 20.8. The summed E-state index contributed by atoms with van der Waals surface area (Å²) in [6, 6.07) is 12.5. The monoisotopic (exact) mass is 415 g/mol. The molecule has 1 amide bonds. The van der Waals surface area contributed by atoms with Gasteiger partial charge in [-0.3, -0.25) is 9.59 Å². The molecule has 5 nitrogen and oxygen atoms in total. The summed E-state index contributed by atoms with van der Waals surface area (Å²) >= 11 is 1.13. The van der Waals surface area contributed by atoms with Gasteiger partial charge in [0.2, 0.25) is 5.91 Å². The van der Waals surface area contributed by atoms with Crippen molar-refractivity contribution in [1.29, 1.82) is 0 Å². The van der Waals surface area contributed by atoms with E-state index in [2.05, 4.69) is 28.2 Å². The first-order valence-corrected chi connectivity index (χ1v) is 10.6. The molecule has 0 aromatic heterocycles. The van der Waals surface area contributed by atoms with Gasteiger partial charge in [0, 0.05) is 48.9 Å². The molecule has 0 atom stereocenters. The van der Waals surface area contributed by atoms with Crippen LogP contribution in [0.3, 0.4) is 0 Å². The van der Waals surface area contributed by atoms with Crippen molar-refractivity contribution in [2.45, 2.75) is 18.4 Å². The first-order valence-electron chi connectivity index (χ1n) is 9.65. The molecule has 0 spiro atoms. The molecule has 3 rings (SSSR count). The second-order valence-corrected chi connectivity index (χ2v) is 8.20. The highest BCUT2D eigenvalue weighted by Crippen LogP contribution is 2.24. The lowest BCUT2D eigenvalue weighted by atomic mass is 10.1. The summed E-state index contributed by atoms with van der Waals surface area (Å²) < 4.78 is 14.1. The number of thioether (sulfide) groups is 1. The third-order valence-corrected chi connectivity index (χ3v) is 6.06. The molecular formula is C22H26FN3O2S. The Kier molecular flexibility index (Phi) is 7.28. The van der Waals surface area contributed by atoms with Crippen LogP contribution in [0.2, 0.25) is 0 Å². The number of hydrogen-bond acceptors (Lipinski definition) is 5. The molecular weight excluding hydrogens is 389 g/mol. The number of para-hydroxylation sites is 1. The third-order valence-electron chi connectivity index (χ3n) is 5.01. The van der Waals surface area contributed by atoms with E-state index in [1.165, 1.54) is 13.0 Å². The number of hydrogen-bond donors (Lipinski definition) is 1. The SMILES string of the molecule is CC(=O)c1ccc(SCC(=O)NCc2ccccc2N2CCN(C)CC2)c(F)c1. The minimum atomic E-state index is -0.476. The van der Waals surface area contributed by atoms with Gasteiger partial charge in [0.15, 0.2) is 5.78 Å². The number of nitrogens with one attached hydrogen (secondary N) is 1. The highest BCUT2D eigenvalue weighted by atomic mass is 32.2. The lowest BCUT2D eigenvalue weighted by Gasteiger charge is -2.35. The second kappa shape index (κ2) is 9.89. The molecule has 1 aliphatic heterocycles. The molecule has 1 aliphatic rings. The summed E-state index contributed by atoms with van der Waals surface area (Å²) in [6.45, 7) is 5.80. The van der Waals surface area contributed by atoms with E-state index in [0.29, 0.717) is 17.0 Å². The molecule has 7 heteroatoms. The van der Waals surface area contributed by atoms with Gasteiger partial charge in [-0.05, 0) is 37.7 Å². The highest BCUT2D eigenvalue weighted by molar-refractivity contribution is 8.00. The number of anilines is 1. The van der Waals surface area contributed by atoms with Crippen LogP contribution in [-0.2, 0) is 11.3 Å². The lowest BCUT2D eigenvalue weighted by molar-refractivity contribution is -0.118. The Morgan fingerprint density at radius 1 is 1.10 bits per heavy atom. The fourth-order valence-corrected chi connectivity index (χ4v) is 3.99. The van der Waals surface area contributed by atoms with Gasteiger partial charge in [-0.2, -0.15) is 0 Å². The van der Waals surface area contributed by atoms with Gasteiger partial charge in [0.25, 0.3) is 0 Å². The van der Waals surface area contributed by atoms with Gasteiger partial charge in [-0.1, -0.05) is 24.3 Å². The van der Waals surface area contributed by atoms with E-state index in [1.807, 2.05) is 18.2 Å². The summed E-state index contributed by atoms with van der Waals surface area (Å²) in [5, 5.41) is 2.93. The average molecular weight is 416 g/mol. The zero-order valence-corrected chi connectivity index (χ0v) is 17.6. The predicted octanol–water partition coefficient (Wildman–Crippen LogP) is 3.19. The number of halogens is 1. The quantitative estimate of drug-likeness (QED) is 0.556. The van der Waals surface area contributed by atoms with Crippen LogP contribution >= 0.6 is 11.8 Å². The number of carbonyl (C=O) groups is 2. The molecule has 0 unspecified atom stereocenters. The van der Waals surface area contributed by atoms with Crippen molar-refractivity contribution in [3.63, 3.8) is 0 Å². The molecule has 1 saturated heterocycles. The number of amides is 1. The normalized spacial score (nSPS) is 14.7. The number of carbonyl (C=O) groups excluding carboxylic acids is 2. The van der Waals surface area contributed by atoms with Gasteiger partial charge in [-0.15, -0.1) is 11.8 Å². The van der Waals surface area contributed by atoms with Gasteiger partial charge in [-0.25, -0.2) is 4.39 Å². The molecule has 0 radical (unpaired) electrons. The van der Waals surface area contributed by atoms with Crippen LogP contribution in [0.15, 0.2) is 47.4 Å². The minimum Gasteiger partial charge on any atom is -0.369 e. The number of Topliss-reactive ketones (excluding diaryl/α,β-unsaturated/α-hetero) is 1. The van der Waals surface area contributed by atoms with E-state index in [-0.39, 0.29) is 17.4 Å². The minimum absolute atomic E-state index is 0.118. The van der Waals surface area contributed by atoms with Crippen molar-refractivity contribution in [2.24, 2.45) is 0 Å². The van der Waals surface area contributed by atoms with Crippen LogP contribution in [0.1, 0.15) is 22.8 Å². The topological polar surface area (TPSA) is 52.7 Å². The Labute approximate surface area is 175 Å². The molecule has 1 heterocycles. The number of piperazine rings is 1. The van der Waals surface area contributed by atoms with Crippen molar-refractivity contribution in [3.05, 3.63) is 59.4 Å². The maximum atomic E-state index is 14.1. The summed E-state index contributed by atoms with van der Waals surface area (Å²) in [5.74, 6) is -0.695. The lowest BCUT2D eigenvalue weighted by Crippen LogP contribution is -2.45. The second-order valence-electron chi connectivity index (χ2n) is 7.19.